The van der Waals surface area contributed by atoms with Gasteiger partial charge >= 0.3 is 0 Å². The van der Waals surface area contributed by atoms with Gasteiger partial charge in [-0.25, -0.2) is 9.97 Å². The summed E-state index contributed by atoms with van der Waals surface area (Å²) in [6.45, 7) is 0. The number of fused-ring (bicyclic) bond motifs is 1. The maximum atomic E-state index is 12.5. The van der Waals surface area contributed by atoms with Gasteiger partial charge in [-0.05, 0) is 24.3 Å². The van der Waals surface area contributed by atoms with E-state index in [1.807, 2.05) is 53.9 Å². The monoisotopic (exact) mass is 422 g/mol. The van der Waals surface area contributed by atoms with E-state index < -0.39 is 0 Å². The van der Waals surface area contributed by atoms with E-state index in [4.69, 9.17) is 0 Å². The number of hydrogen-bond acceptors (Lipinski definition) is 6. The first kappa shape index (κ1) is 19.4. The Bertz CT molecular complexity index is 1220. The molecular formula is C21H18N4O2S2. The first-order valence-corrected chi connectivity index (χ1v) is 10.8. The van der Waals surface area contributed by atoms with Gasteiger partial charge in [0.15, 0.2) is 5.16 Å². The first-order chi connectivity index (χ1) is 14.1. The van der Waals surface area contributed by atoms with Gasteiger partial charge in [-0.2, -0.15) is 0 Å². The molecule has 0 atom stereocenters. The third-order valence-corrected chi connectivity index (χ3v) is 6.22. The molecule has 2 aromatic heterocycles. The Morgan fingerprint density at radius 1 is 1.10 bits per heavy atom. The summed E-state index contributed by atoms with van der Waals surface area (Å²) in [4.78, 5) is 33.8. The first-order valence-electron chi connectivity index (χ1n) is 8.97. The fourth-order valence-electron chi connectivity index (χ4n) is 2.83. The molecule has 0 spiro atoms. The number of aromatic nitrogens is 3. The van der Waals surface area contributed by atoms with E-state index in [1.165, 1.54) is 23.1 Å². The predicted molar refractivity (Wildman–Crippen MR) is 117 cm³/mol. The van der Waals surface area contributed by atoms with Crippen LogP contribution in [0.15, 0.2) is 69.9 Å². The number of nitrogens with one attached hydrogen (secondary N) is 1. The molecule has 2 heterocycles. The molecule has 4 rings (SSSR count). The summed E-state index contributed by atoms with van der Waals surface area (Å²) in [7, 11) is 1.73. The molecule has 6 nitrogen and oxygen atoms in total. The highest BCUT2D eigenvalue weighted by molar-refractivity contribution is 7.98. The maximum Gasteiger partial charge on any atom is 0.261 e. The van der Waals surface area contributed by atoms with E-state index in [0.717, 1.165) is 16.4 Å². The zero-order chi connectivity index (χ0) is 20.2. The van der Waals surface area contributed by atoms with E-state index in [0.29, 0.717) is 21.8 Å². The minimum Gasteiger partial charge on any atom is -0.326 e. The van der Waals surface area contributed by atoms with Gasteiger partial charge in [-0.3, -0.25) is 14.2 Å². The van der Waals surface area contributed by atoms with Crippen molar-refractivity contribution in [2.24, 2.45) is 7.05 Å². The van der Waals surface area contributed by atoms with Crippen molar-refractivity contribution >= 4 is 45.6 Å². The molecule has 29 heavy (non-hydrogen) atoms. The van der Waals surface area contributed by atoms with Crippen LogP contribution in [0.3, 0.4) is 0 Å². The van der Waals surface area contributed by atoms with Gasteiger partial charge in [-0.15, -0.1) is 11.3 Å². The highest BCUT2D eigenvalue weighted by atomic mass is 32.2. The summed E-state index contributed by atoms with van der Waals surface area (Å²) in [5, 5.41) is 6.82. The Morgan fingerprint density at radius 2 is 1.86 bits per heavy atom. The fraction of sp³-hybridized carbons (Fsp3) is 0.143. The summed E-state index contributed by atoms with van der Waals surface area (Å²) < 4.78 is 1.56. The van der Waals surface area contributed by atoms with Crippen molar-refractivity contribution < 1.29 is 4.79 Å². The summed E-state index contributed by atoms with van der Waals surface area (Å²) in [5.74, 6) is 0.485. The van der Waals surface area contributed by atoms with Gasteiger partial charge in [0.25, 0.3) is 5.56 Å². The van der Waals surface area contributed by atoms with Crippen LogP contribution < -0.4 is 10.9 Å². The minimum atomic E-state index is -0.0941. The molecule has 146 valence electrons. The second-order valence-electron chi connectivity index (χ2n) is 6.39. The number of thioether (sulfide) groups is 1. The van der Waals surface area contributed by atoms with E-state index in [1.54, 1.807) is 17.7 Å². The van der Waals surface area contributed by atoms with Crippen LogP contribution in [-0.4, -0.2) is 20.4 Å². The summed E-state index contributed by atoms with van der Waals surface area (Å²) in [5.41, 5.74) is 2.27. The number of amides is 1. The molecule has 0 saturated carbocycles. The number of nitrogens with zero attached hydrogens (tertiary/aromatic N) is 3. The van der Waals surface area contributed by atoms with Crippen molar-refractivity contribution in [2.45, 2.75) is 17.3 Å². The lowest BCUT2D eigenvalue weighted by molar-refractivity contribution is -0.115. The molecule has 0 aliphatic rings. The number of para-hydroxylation sites is 2. The zero-order valence-corrected chi connectivity index (χ0v) is 17.3. The zero-order valence-electron chi connectivity index (χ0n) is 15.7. The molecular weight excluding hydrogens is 404 g/mol. The molecule has 2 aromatic carbocycles. The molecule has 0 saturated heterocycles. The second kappa shape index (κ2) is 8.59. The van der Waals surface area contributed by atoms with E-state index in [9.17, 15) is 9.59 Å². The highest BCUT2D eigenvalue weighted by Crippen LogP contribution is 2.23. The molecule has 0 bridgehead atoms. The third kappa shape index (κ3) is 4.55. The van der Waals surface area contributed by atoms with E-state index in [-0.39, 0.29) is 17.9 Å². The van der Waals surface area contributed by atoms with Crippen LogP contribution in [0.1, 0.15) is 10.7 Å². The van der Waals surface area contributed by atoms with Gasteiger partial charge in [0.05, 0.1) is 23.0 Å². The average Bonchev–Trinajstić information content (AvgIpc) is 3.17. The lowest BCUT2D eigenvalue weighted by Gasteiger charge is -2.07. The molecule has 0 aliphatic heterocycles. The second-order valence-corrected chi connectivity index (χ2v) is 8.27. The van der Waals surface area contributed by atoms with Crippen LogP contribution in [-0.2, 0) is 24.0 Å². The van der Waals surface area contributed by atoms with Crippen molar-refractivity contribution in [3.05, 3.63) is 81.0 Å². The predicted octanol–water partition coefficient (Wildman–Crippen LogP) is 3.86. The molecule has 0 fully saturated rings. The minimum absolute atomic E-state index is 0.0605. The standard InChI is InChI=1S/C21H18N4O2S2/c1-25-20(27)16-9-5-6-10-17(16)24-21(25)29-13-15-12-28-19(23-15)11-18(26)22-14-7-3-2-4-8-14/h2-10,12H,11,13H2,1H3,(H,22,26). The fourth-order valence-corrected chi connectivity index (χ4v) is 4.59. The Kier molecular flexibility index (Phi) is 5.73. The van der Waals surface area contributed by atoms with Crippen LogP contribution in [0.2, 0.25) is 0 Å². The van der Waals surface area contributed by atoms with Crippen molar-refractivity contribution in [1.82, 2.24) is 14.5 Å². The SMILES string of the molecule is Cn1c(SCc2csc(CC(=O)Nc3ccccc3)n2)nc2ccccc2c1=O. The number of carbonyl (C=O) groups is 1. The summed E-state index contributed by atoms with van der Waals surface area (Å²) in [6.07, 6.45) is 0.233. The van der Waals surface area contributed by atoms with Gasteiger partial charge < -0.3 is 5.32 Å². The van der Waals surface area contributed by atoms with Crippen LogP contribution >= 0.6 is 23.1 Å². The Balaban J connectivity index is 1.41. The van der Waals surface area contributed by atoms with Gasteiger partial charge in [0, 0.05) is 23.9 Å². The maximum absolute atomic E-state index is 12.5. The molecule has 0 unspecified atom stereocenters. The topological polar surface area (TPSA) is 76.9 Å². The summed E-state index contributed by atoms with van der Waals surface area (Å²) in [6, 6.07) is 16.7. The lowest BCUT2D eigenvalue weighted by atomic mass is 10.2. The molecule has 0 radical (unpaired) electrons. The average molecular weight is 423 g/mol. The number of thiazole rings is 1. The number of hydrogen-bond donors (Lipinski definition) is 1. The third-order valence-electron chi connectivity index (χ3n) is 4.26. The van der Waals surface area contributed by atoms with E-state index in [2.05, 4.69) is 15.3 Å². The number of benzene rings is 2. The van der Waals surface area contributed by atoms with Crippen molar-refractivity contribution in [3.63, 3.8) is 0 Å². The smallest absolute Gasteiger partial charge is 0.261 e. The Labute approximate surface area is 175 Å². The van der Waals surface area contributed by atoms with Crippen LogP contribution in [0.4, 0.5) is 5.69 Å². The number of anilines is 1. The quantitative estimate of drug-likeness (QED) is 0.377. The van der Waals surface area contributed by atoms with Gasteiger partial charge in [0.1, 0.15) is 5.01 Å². The van der Waals surface area contributed by atoms with Crippen LogP contribution in [0, 0.1) is 0 Å². The van der Waals surface area contributed by atoms with Gasteiger partial charge in [0.2, 0.25) is 5.91 Å². The molecule has 1 amide bonds. The number of carbonyl (C=O) groups excluding carboxylic acids is 1. The molecule has 1 N–H and O–H groups in total. The van der Waals surface area contributed by atoms with Crippen molar-refractivity contribution in [3.8, 4) is 0 Å². The molecule has 8 heteroatoms. The molecule has 0 aliphatic carbocycles. The highest BCUT2D eigenvalue weighted by Gasteiger charge is 2.11. The Morgan fingerprint density at radius 3 is 2.69 bits per heavy atom. The Hall–Kier alpha value is -2.97. The van der Waals surface area contributed by atoms with E-state index >= 15 is 0 Å². The molecule has 4 aromatic rings. The number of rotatable bonds is 6. The lowest BCUT2D eigenvalue weighted by Crippen LogP contribution is -2.19. The van der Waals surface area contributed by atoms with Gasteiger partial charge in [-0.1, -0.05) is 42.1 Å². The van der Waals surface area contributed by atoms with Crippen molar-refractivity contribution in [2.75, 3.05) is 5.32 Å². The van der Waals surface area contributed by atoms with Crippen LogP contribution in [0.5, 0.6) is 0 Å². The normalized spacial score (nSPS) is 10.9. The largest absolute Gasteiger partial charge is 0.326 e. The van der Waals surface area contributed by atoms with Crippen molar-refractivity contribution in [1.29, 1.82) is 0 Å². The summed E-state index contributed by atoms with van der Waals surface area (Å²) >= 11 is 2.92. The van der Waals surface area contributed by atoms with Crippen LogP contribution in [0.25, 0.3) is 10.9 Å².